The van der Waals surface area contributed by atoms with E-state index in [4.69, 9.17) is 14.9 Å². The van der Waals surface area contributed by atoms with E-state index in [1.807, 2.05) is 25.1 Å². The number of aliphatic hydroxyl groups excluding tert-OH is 2. The van der Waals surface area contributed by atoms with Gasteiger partial charge in [-0.1, -0.05) is 44.5 Å². The van der Waals surface area contributed by atoms with Crippen LogP contribution < -0.4 is 0 Å². The van der Waals surface area contributed by atoms with Crippen molar-refractivity contribution in [1.82, 2.24) is 0 Å². The molecule has 7 heteroatoms. The number of aldehydes is 2. The summed E-state index contributed by atoms with van der Waals surface area (Å²) in [7, 11) is 5.85. The van der Waals surface area contributed by atoms with Gasteiger partial charge in [0.25, 0.3) is 0 Å². The van der Waals surface area contributed by atoms with Crippen molar-refractivity contribution in [3.05, 3.63) is 35.4 Å². The van der Waals surface area contributed by atoms with Crippen molar-refractivity contribution in [1.29, 1.82) is 0 Å². The first kappa shape index (κ1) is 33.9. The van der Waals surface area contributed by atoms with E-state index < -0.39 is 5.41 Å². The fraction of sp³-hybridized carbons (Fsp3) is 0.692. The molecule has 0 aliphatic heterocycles. The lowest BCUT2D eigenvalue weighted by atomic mass is 9.77. The summed E-state index contributed by atoms with van der Waals surface area (Å²) in [5.74, 6) is 1.61. The van der Waals surface area contributed by atoms with Gasteiger partial charge in [0.15, 0.2) is 0 Å². The second-order valence-electron chi connectivity index (χ2n) is 8.99. The quantitative estimate of drug-likeness (QED) is 0.286. The van der Waals surface area contributed by atoms with Crippen LogP contribution in [0.3, 0.4) is 0 Å². The van der Waals surface area contributed by atoms with Gasteiger partial charge in [-0.25, -0.2) is 0 Å². The van der Waals surface area contributed by atoms with Crippen LogP contribution in [0.1, 0.15) is 51.2 Å². The van der Waals surface area contributed by atoms with Crippen molar-refractivity contribution in [2.45, 2.75) is 51.9 Å². The van der Waals surface area contributed by atoms with E-state index in [2.05, 4.69) is 24.7 Å². The van der Waals surface area contributed by atoms with E-state index >= 15 is 0 Å². The lowest BCUT2D eigenvalue weighted by Gasteiger charge is -2.28. The van der Waals surface area contributed by atoms with Crippen molar-refractivity contribution >= 4 is 24.3 Å². The first-order valence-corrected chi connectivity index (χ1v) is 12.4. The zero-order chi connectivity index (χ0) is 25.8. The minimum Gasteiger partial charge on any atom is -0.400 e. The largest absolute Gasteiger partial charge is 0.400 e. The second kappa shape index (κ2) is 20.2. The third-order valence-electron chi connectivity index (χ3n) is 5.20. The average Bonchev–Trinajstić information content (AvgIpc) is 2.80. The molecule has 0 saturated carbocycles. The Labute approximate surface area is 205 Å². The van der Waals surface area contributed by atoms with E-state index in [-0.39, 0.29) is 17.9 Å². The van der Waals surface area contributed by atoms with Crippen LogP contribution >= 0.6 is 11.8 Å². The van der Waals surface area contributed by atoms with Crippen molar-refractivity contribution in [2.24, 2.45) is 11.3 Å². The molecule has 0 aromatic heterocycles. The first-order valence-electron chi connectivity index (χ1n) is 11.2. The molecule has 1 aromatic rings. The summed E-state index contributed by atoms with van der Waals surface area (Å²) in [5.41, 5.74) is 1.72. The molecule has 2 unspecified atom stereocenters. The summed E-state index contributed by atoms with van der Waals surface area (Å²) in [5, 5.41) is 15.9. The monoisotopic (exact) mass is 486 g/mol. The zero-order valence-corrected chi connectivity index (χ0v) is 22.5. The van der Waals surface area contributed by atoms with Crippen molar-refractivity contribution in [3.8, 4) is 0 Å². The number of carbonyl (C=O) groups is 2. The van der Waals surface area contributed by atoms with Crippen molar-refractivity contribution in [2.75, 3.05) is 53.2 Å². The molecular weight excluding hydrogens is 440 g/mol. The molecule has 0 bridgehead atoms. The Kier molecular flexibility index (Phi) is 20.7. The van der Waals surface area contributed by atoms with Crippen molar-refractivity contribution in [3.63, 3.8) is 0 Å². The van der Waals surface area contributed by atoms with Gasteiger partial charge in [0.1, 0.15) is 12.6 Å². The van der Waals surface area contributed by atoms with Gasteiger partial charge in [-0.3, -0.25) is 0 Å². The Morgan fingerprint density at radius 1 is 1.09 bits per heavy atom. The first-order chi connectivity index (χ1) is 15.7. The molecule has 0 fully saturated rings. The van der Waals surface area contributed by atoms with Crippen LogP contribution in [0.5, 0.6) is 0 Å². The molecule has 2 N–H and O–H groups in total. The second-order valence-corrected chi connectivity index (χ2v) is 10.1. The van der Waals surface area contributed by atoms with Crippen LogP contribution in [0.15, 0.2) is 24.3 Å². The van der Waals surface area contributed by atoms with Crippen LogP contribution in [-0.4, -0.2) is 75.9 Å². The summed E-state index contributed by atoms with van der Waals surface area (Å²) in [6.07, 6.45) is 5.42. The predicted octanol–water partition coefficient (Wildman–Crippen LogP) is 3.94. The Morgan fingerprint density at radius 2 is 1.73 bits per heavy atom. The number of aliphatic hydroxyl groups is 2. The maximum atomic E-state index is 12.0. The summed E-state index contributed by atoms with van der Waals surface area (Å²) in [6, 6.07) is 8.04. The van der Waals surface area contributed by atoms with E-state index in [0.29, 0.717) is 13.0 Å². The van der Waals surface area contributed by atoms with E-state index in [1.54, 1.807) is 33.1 Å². The smallest absolute Gasteiger partial charge is 0.130 e. The number of hydrogen-bond donors (Lipinski definition) is 2. The molecule has 0 radical (unpaired) electrons. The Morgan fingerprint density at radius 3 is 2.24 bits per heavy atom. The number of carbonyl (C=O) groups excluding carboxylic acids is 2. The van der Waals surface area contributed by atoms with Gasteiger partial charge in [0, 0.05) is 45.5 Å². The van der Waals surface area contributed by atoms with Crippen molar-refractivity contribution < 1.29 is 29.3 Å². The molecular formula is C26H46O6S. The van der Waals surface area contributed by atoms with Gasteiger partial charge in [-0.2, -0.15) is 11.8 Å². The zero-order valence-electron chi connectivity index (χ0n) is 21.6. The SMILES string of the molecule is CO.COC.COCC(C=O)Cc1cccc(C(C)(C=O)CCCC(C)(C)CSCCO)c1. The summed E-state index contributed by atoms with van der Waals surface area (Å²) in [4.78, 5) is 23.2. The van der Waals surface area contributed by atoms with Crippen LogP contribution in [0, 0.1) is 11.3 Å². The fourth-order valence-corrected chi connectivity index (χ4v) is 4.38. The van der Waals surface area contributed by atoms with Crippen LogP contribution in [0.2, 0.25) is 0 Å². The maximum absolute atomic E-state index is 12.0. The highest BCUT2D eigenvalue weighted by Crippen LogP contribution is 2.33. The van der Waals surface area contributed by atoms with Gasteiger partial charge in [-0.05, 0) is 48.5 Å². The highest BCUT2D eigenvalue weighted by atomic mass is 32.2. The summed E-state index contributed by atoms with van der Waals surface area (Å²) < 4.78 is 9.35. The molecule has 192 valence electrons. The average molecular weight is 487 g/mol. The highest BCUT2D eigenvalue weighted by molar-refractivity contribution is 7.99. The maximum Gasteiger partial charge on any atom is 0.130 e. The van der Waals surface area contributed by atoms with Crippen LogP contribution in [0.4, 0.5) is 0 Å². The molecule has 0 aliphatic carbocycles. The lowest BCUT2D eigenvalue weighted by Crippen LogP contribution is -2.25. The Balaban J connectivity index is 0. The number of methoxy groups -OCH3 is 2. The number of ether oxygens (including phenoxy) is 2. The highest BCUT2D eigenvalue weighted by Gasteiger charge is 2.28. The van der Waals surface area contributed by atoms with Gasteiger partial charge in [-0.15, -0.1) is 0 Å². The molecule has 33 heavy (non-hydrogen) atoms. The predicted molar refractivity (Wildman–Crippen MR) is 138 cm³/mol. The van der Waals surface area contributed by atoms with Crippen LogP contribution in [-0.2, 0) is 30.9 Å². The third-order valence-corrected chi connectivity index (χ3v) is 6.65. The van der Waals surface area contributed by atoms with Crippen LogP contribution in [0.25, 0.3) is 0 Å². The molecule has 2 atom stereocenters. The van der Waals surface area contributed by atoms with Gasteiger partial charge in [0.05, 0.1) is 13.2 Å². The van der Waals surface area contributed by atoms with E-state index in [9.17, 15) is 9.59 Å². The molecule has 0 saturated heterocycles. The number of hydrogen-bond acceptors (Lipinski definition) is 7. The van der Waals surface area contributed by atoms with E-state index in [1.165, 1.54) is 0 Å². The molecule has 1 rings (SSSR count). The molecule has 1 aromatic carbocycles. The number of rotatable bonds is 15. The molecule has 0 amide bonds. The molecule has 0 spiro atoms. The van der Waals surface area contributed by atoms with Gasteiger partial charge < -0.3 is 29.3 Å². The Hall–Kier alpha value is -1.25. The Bertz CT molecular complexity index is 623. The minimum absolute atomic E-state index is 0.167. The minimum atomic E-state index is -0.526. The molecule has 6 nitrogen and oxygen atoms in total. The number of thioether (sulfide) groups is 1. The molecule has 0 heterocycles. The standard InChI is InChI=1S/C23H36O4S.C2H6O.CH4O/c1-22(2,18-28-12-11-24)9-6-10-23(3,17-26)21-8-5-7-19(14-21)13-20(15-25)16-27-4;1-3-2;1-2/h5,7-8,14-15,17,20,24H,6,9-13,16,18H2,1-4H3;1-2H3;2H,1H3. The number of benzene rings is 1. The summed E-state index contributed by atoms with van der Waals surface area (Å²) >= 11 is 1.78. The molecule has 0 aliphatic rings. The summed E-state index contributed by atoms with van der Waals surface area (Å²) in [6.45, 7) is 7.11. The van der Waals surface area contributed by atoms with Gasteiger partial charge in [0.2, 0.25) is 0 Å². The lowest BCUT2D eigenvalue weighted by molar-refractivity contribution is -0.113. The fourth-order valence-electron chi connectivity index (χ4n) is 3.41. The normalized spacial score (nSPS) is 13.5. The third kappa shape index (κ3) is 15.3. The van der Waals surface area contributed by atoms with Gasteiger partial charge >= 0.3 is 0 Å². The topological polar surface area (TPSA) is 93.1 Å². The van der Waals surface area contributed by atoms with E-state index in [0.717, 1.165) is 61.6 Å².